The van der Waals surface area contributed by atoms with Gasteiger partial charge in [-0.05, 0) is 13.0 Å². The number of non-ortho nitro benzene ring substituents is 1. The molecule has 2 rings (SSSR count). The molecule has 0 unspecified atom stereocenters. The van der Waals surface area contributed by atoms with E-state index in [9.17, 15) is 14.9 Å². The Balaban J connectivity index is 2.25. The third kappa shape index (κ3) is 3.21. The summed E-state index contributed by atoms with van der Waals surface area (Å²) >= 11 is 5.82. The smallest absolute Gasteiger partial charge is 0.271 e. The highest BCUT2D eigenvalue weighted by molar-refractivity contribution is 6.31. The molecule has 1 aliphatic rings. The summed E-state index contributed by atoms with van der Waals surface area (Å²) in [5.41, 5.74) is 0.0901. The number of benzene rings is 1. The maximum absolute atomic E-state index is 12.3. The second-order valence-corrected chi connectivity index (χ2v) is 5.00. The Morgan fingerprint density at radius 3 is 2.89 bits per heavy atom. The monoisotopic (exact) mass is 283 g/mol. The summed E-state index contributed by atoms with van der Waals surface area (Å²) in [5, 5.41) is 14.2. The number of nitro benzene ring substituents is 1. The van der Waals surface area contributed by atoms with E-state index in [-0.39, 0.29) is 28.2 Å². The van der Waals surface area contributed by atoms with Crippen molar-refractivity contribution in [2.45, 2.75) is 13.0 Å². The highest BCUT2D eigenvalue weighted by atomic mass is 35.5. The fraction of sp³-hybridized carbons (Fsp3) is 0.417. The predicted molar refractivity (Wildman–Crippen MR) is 71.5 cm³/mol. The fourth-order valence-corrected chi connectivity index (χ4v) is 2.33. The maximum atomic E-state index is 12.3. The normalized spacial score (nSPS) is 19.3. The average molecular weight is 284 g/mol. The van der Waals surface area contributed by atoms with Crippen LogP contribution in [0, 0.1) is 10.1 Å². The van der Waals surface area contributed by atoms with Crippen LogP contribution in [0.25, 0.3) is 0 Å². The van der Waals surface area contributed by atoms with E-state index >= 15 is 0 Å². The lowest BCUT2D eigenvalue weighted by atomic mass is 10.1. The van der Waals surface area contributed by atoms with Crippen molar-refractivity contribution in [2.24, 2.45) is 0 Å². The molecular formula is C12H14ClN3O3. The van der Waals surface area contributed by atoms with Gasteiger partial charge in [-0.25, -0.2) is 0 Å². The SMILES string of the molecule is C[C@H]1CN(C(=O)c2cc(Cl)cc([N+](=O)[O-])c2)CCN1. The van der Waals surface area contributed by atoms with Gasteiger partial charge in [0.25, 0.3) is 11.6 Å². The maximum Gasteiger partial charge on any atom is 0.271 e. The first-order chi connectivity index (χ1) is 8.97. The summed E-state index contributed by atoms with van der Waals surface area (Å²) in [7, 11) is 0. The minimum Gasteiger partial charge on any atom is -0.336 e. The molecule has 1 aliphatic heterocycles. The van der Waals surface area contributed by atoms with E-state index in [0.717, 1.165) is 6.54 Å². The van der Waals surface area contributed by atoms with Crippen LogP contribution in [0.1, 0.15) is 17.3 Å². The van der Waals surface area contributed by atoms with E-state index in [1.165, 1.54) is 18.2 Å². The second kappa shape index (κ2) is 5.54. The molecule has 0 bridgehead atoms. The van der Waals surface area contributed by atoms with Crippen LogP contribution < -0.4 is 5.32 Å². The molecule has 19 heavy (non-hydrogen) atoms. The Labute approximate surface area is 115 Å². The average Bonchev–Trinajstić information content (AvgIpc) is 2.37. The standard InChI is InChI=1S/C12H14ClN3O3/c1-8-7-15(3-2-14-8)12(17)9-4-10(13)6-11(5-9)16(18)19/h4-6,8,14H,2-3,7H2,1H3/t8-/m0/s1. The number of nitrogens with zero attached hydrogens (tertiary/aromatic N) is 2. The Hall–Kier alpha value is -1.66. The molecule has 1 N–H and O–H groups in total. The Kier molecular flexibility index (Phi) is 4.01. The van der Waals surface area contributed by atoms with Crippen LogP contribution in [0.3, 0.4) is 0 Å². The van der Waals surface area contributed by atoms with Crippen LogP contribution in [0.4, 0.5) is 5.69 Å². The molecule has 0 saturated carbocycles. The number of hydrogen-bond donors (Lipinski definition) is 1. The Morgan fingerprint density at radius 1 is 1.53 bits per heavy atom. The molecule has 1 aromatic rings. The van der Waals surface area contributed by atoms with Gasteiger partial charge in [-0.15, -0.1) is 0 Å². The van der Waals surface area contributed by atoms with Gasteiger partial charge in [-0.3, -0.25) is 14.9 Å². The van der Waals surface area contributed by atoms with Crippen molar-refractivity contribution in [1.82, 2.24) is 10.2 Å². The van der Waals surface area contributed by atoms with E-state index < -0.39 is 4.92 Å². The van der Waals surface area contributed by atoms with Gasteiger partial charge in [0.15, 0.2) is 0 Å². The van der Waals surface area contributed by atoms with Crippen molar-refractivity contribution >= 4 is 23.2 Å². The molecule has 7 heteroatoms. The number of nitrogens with one attached hydrogen (secondary N) is 1. The minimum absolute atomic E-state index is 0.168. The van der Waals surface area contributed by atoms with Crippen molar-refractivity contribution in [3.05, 3.63) is 38.9 Å². The molecule has 0 aromatic heterocycles. The van der Waals surface area contributed by atoms with E-state index in [2.05, 4.69) is 5.32 Å². The largest absolute Gasteiger partial charge is 0.336 e. The Morgan fingerprint density at radius 2 is 2.26 bits per heavy atom. The molecule has 102 valence electrons. The lowest BCUT2D eigenvalue weighted by Gasteiger charge is -2.31. The number of amides is 1. The number of hydrogen-bond acceptors (Lipinski definition) is 4. The van der Waals surface area contributed by atoms with Gasteiger partial charge in [0.2, 0.25) is 0 Å². The summed E-state index contributed by atoms with van der Waals surface area (Å²) in [6.45, 7) is 3.87. The molecule has 1 saturated heterocycles. The zero-order valence-corrected chi connectivity index (χ0v) is 11.2. The molecule has 1 atom stereocenters. The van der Waals surface area contributed by atoms with Gasteiger partial charge in [0.1, 0.15) is 0 Å². The quantitative estimate of drug-likeness (QED) is 0.662. The van der Waals surface area contributed by atoms with Gasteiger partial charge >= 0.3 is 0 Å². The number of nitro groups is 1. The molecular weight excluding hydrogens is 270 g/mol. The van der Waals surface area contributed by atoms with Gasteiger partial charge in [0.05, 0.1) is 4.92 Å². The van der Waals surface area contributed by atoms with Gasteiger partial charge in [0, 0.05) is 48.4 Å². The number of piperazine rings is 1. The van der Waals surface area contributed by atoms with E-state index in [1.54, 1.807) is 4.90 Å². The van der Waals surface area contributed by atoms with Crippen LogP contribution in [0.15, 0.2) is 18.2 Å². The van der Waals surface area contributed by atoms with Crippen molar-refractivity contribution in [1.29, 1.82) is 0 Å². The lowest BCUT2D eigenvalue weighted by molar-refractivity contribution is -0.384. The van der Waals surface area contributed by atoms with Crippen LogP contribution in [0.5, 0.6) is 0 Å². The topological polar surface area (TPSA) is 75.5 Å². The van der Waals surface area contributed by atoms with Crippen LogP contribution >= 0.6 is 11.6 Å². The van der Waals surface area contributed by atoms with Crippen LogP contribution in [0.2, 0.25) is 5.02 Å². The number of halogens is 1. The van der Waals surface area contributed by atoms with Gasteiger partial charge in [-0.1, -0.05) is 11.6 Å². The molecule has 0 spiro atoms. The zero-order valence-electron chi connectivity index (χ0n) is 10.4. The Bertz CT molecular complexity index is 521. The summed E-state index contributed by atoms with van der Waals surface area (Å²) in [5.74, 6) is -0.223. The molecule has 0 aliphatic carbocycles. The first kappa shape index (κ1) is 13.8. The highest BCUT2D eigenvalue weighted by Crippen LogP contribution is 2.22. The number of carbonyl (C=O) groups is 1. The summed E-state index contributed by atoms with van der Waals surface area (Å²) in [4.78, 5) is 24.2. The van der Waals surface area contributed by atoms with Crippen LogP contribution in [-0.2, 0) is 0 Å². The number of carbonyl (C=O) groups excluding carboxylic acids is 1. The molecule has 6 nitrogen and oxygen atoms in total. The third-order valence-corrected chi connectivity index (χ3v) is 3.21. The van der Waals surface area contributed by atoms with Crippen molar-refractivity contribution < 1.29 is 9.72 Å². The minimum atomic E-state index is -0.553. The van der Waals surface area contributed by atoms with Crippen molar-refractivity contribution in [2.75, 3.05) is 19.6 Å². The molecule has 1 amide bonds. The zero-order chi connectivity index (χ0) is 14.0. The first-order valence-corrected chi connectivity index (χ1v) is 6.33. The third-order valence-electron chi connectivity index (χ3n) is 3.00. The molecule has 1 fully saturated rings. The van der Waals surface area contributed by atoms with E-state index in [4.69, 9.17) is 11.6 Å². The van der Waals surface area contributed by atoms with Gasteiger partial charge < -0.3 is 10.2 Å². The summed E-state index contributed by atoms with van der Waals surface area (Å²) in [6, 6.07) is 4.18. The molecule has 1 heterocycles. The van der Waals surface area contributed by atoms with Gasteiger partial charge in [-0.2, -0.15) is 0 Å². The molecule has 0 radical (unpaired) electrons. The fourth-order valence-electron chi connectivity index (χ4n) is 2.10. The summed E-state index contributed by atoms with van der Waals surface area (Å²) < 4.78 is 0. The van der Waals surface area contributed by atoms with Crippen molar-refractivity contribution in [3.63, 3.8) is 0 Å². The van der Waals surface area contributed by atoms with Crippen LogP contribution in [-0.4, -0.2) is 41.4 Å². The molecule has 1 aromatic carbocycles. The van der Waals surface area contributed by atoms with E-state index in [0.29, 0.717) is 13.1 Å². The highest BCUT2D eigenvalue weighted by Gasteiger charge is 2.23. The second-order valence-electron chi connectivity index (χ2n) is 4.56. The number of rotatable bonds is 2. The lowest BCUT2D eigenvalue weighted by Crippen LogP contribution is -2.51. The predicted octanol–water partition coefficient (Wildman–Crippen LogP) is 1.68. The summed E-state index contributed by atoms with van der Waals surface area (Å²) in [6.07, 6.45) is 0. The first-order valence-electron chi connectivity index (χ1n) is 5.95. The van der Waals surface area contributed by atoms with E-state index in [1.807, 2.05) is 6.92 Å². The van der Waals surface area contributed by atoms with Crippen molar-refractivity contribution in [3.8, 4) is 0 Å².